The Kier molecular flexibility index (Phi) is 6.56. The second-order valence-corrected chi connectivity index (χ2v) is 8.91. The van der Waals surface area contributed by atoms with Crippen molar-refractivity contribution in [1.29, 1.82) is 0 Å². The van der Waals surface area contributed by atoms with E-state index in [1.165, 1.54) is 6.07 Å². The summed E-state index contributed by atoms with van der Waals surface area (Å²) in [5, 5.41) is 1.31. The number of ether oxygens (including phenoxy) is 1. The molecule has 0 bridgehead atoms. The number of fused-ring (bicyclic) bond motifs is 1. The number of piperidine rings is 1. The molecule has 4 rings (SSSR count). The summed E-state index contributed by atoms with van der Waals surface area (Å²) in [5.41, 5.74) is 1.38. The highest BCUT2D eigenvalue weighted by atomic mass is 35.5. The minimum absolute atomic E-state index is 0.00484. The van der Waals surface area contributed by atoms with E-state index in [0.717, 1.165) is 36.8 Å². The number of hydrogen-bond acceptors (Lipinski definition) is 4. The van der Waals surface area contributed by atoms with E-state index in [9.17, 15) is 9.59 Å². The van der Waals surface area contributed by atoms with Crippen LogP contribution in [0, 0.1) is 5.92 Å². The van der Waals surface area contributed by atoms with Crippen LogP contribution in [0.15, 0.2) is 57.7 Å². The van der Waals surface area contributed by atoms with Gasteiger partial charge >= 0.3 is 5.63 Å². The summed E-state index contributed by atoms with van der Waals surface area (Å²) in [6, 6.07) is 14.3. The molecule has 3 atom stereocenters. The zero-order chi connectivity index (χ0) is 22.8. The van der Waals surface area contributed by atoms with Crippen LogP contribution in [0.5, 0.6) is 5.75 Å². The van der Waals surface area contributed by atoms with Crippen molar-refractivity contribution in [3.8, 4) is 16.9 Å². The number of likely N-dealkylation sites (tertiary alicyclic amines) is 1. The number of halogens is 1. The molecule has 6 heteroatoms. The Hall–Kier alpha value is -2.79. The highest BCUT2D eigenvalue weighted by molar-refractivity contribution is 6.33. The minimum atomic E-state index is -0.634. The van der Waals surface area contributed by atoms with Gasteiger partial charge in [0.25, 0.3) is 5.91 Å². The van der Waals surface area contributed by atoms with Crippen LogP contribution < -0.4 is 10.4 Å². The van der Waals surface area contributed by atoms with Crippen LogP contribution in [-0.4, -0.2) is 29.5 Å². The predicted octanol–water partition coefficient (Wildman–Crippen LogP) is 5.92. The Bertz CT molecular complexity index is 1190. The van der Waals surface area contributed by atoms with Gasteiger partial charge in [0, 0.05) is 46.3 Å². The molecule has 0 aliphatic carbocycles. The fourth-order valence-corrected chi connectivity index (χ4v) is 4.99. The van der Waals surface area contributed by atoms with E-state index in [1.807, 2.05) is 29.2 Å². The summed E-state index contributed by atoms with van der Waals surface area (Å²) in [7, 11) is 0. The molecule has 0 spiro atoms. The zero-order valence-electron chi connectivity index (χ0n) is 18.6. The zero-order valence-corrected chi connectivity index (χ0v) is 19.4. The molecule has 3 unspecified atom stereocenters. The first kappa shape index (κ1) is 22.4. The van der Waals surface area contributed by atoms with Gasteiger partial charge in [0.15, 0.2) is 6.10 Å². The molecule has 3 aromatic rings. The fraction of sp³-hybridized carbons (Fsp3) is 0.385. The number of hydrogen-bond donors (Lipinski definition) is 0. The maximum atomic E-state index is 13.1. The van der Waals surface area contributed by atoms with Crippen LogP contribution in [0.4, 0.5) is 0 Å². The average Bonchev–Trinajstić information content (AvgIpc) is 2.78. The number of rotatable bonds is 5. The highest BCUT2D eigenvalue weighted by Crippen LogP contribution is 2.34. The van der Waals surface area contributed by atoms with Crippen LogP contribution in [0.3, 0.4) is 0 Å². The second-order valence-electron chi connectivity index (χ2n) is 8.50. The molecule has 1 aliphatic rings. The van der Waals surface area contributed by atoms with Gasteiger partial charge in [-0.3, -0.25) is 4.79 Å². The van der Waals surface area contributed by atoms with E-state index < -0.39 is 11.7 Å². The number of carbonyl (C=O) groups excluding carboxylic acids is 1. The van der Waals surface area contributed by atoms with Crippen molar-refractivity contribution in [2.75, 3.05) is 6.54 Å². The van der Waals surface area contributed by atoms with Gasteiger partial charge < -0.3 is 14.1 Å². The molecule has 32 heavy (non-hydrogen) atoms. The summed E-state index contributed by atoms with van der Waals surface area (Å²) >= 11 is 6.35. The van der Waals surface area contributed by atoms with Crippen LogP contribution in [-0.2, 0) is 4.79 Å². The lowest BCUT2D eigenvalue weighted by Crippen LogP contribution is -2.51. The van der Waals surface area contributed by atoms with Gasteiger partial charge in [-0.15, -0.1) is 0 Å². The van der Waals surface area contributed by atoms with Gasteiger partial charge in [-0.05, 0) is 50.3 Å². The molecule has 0 N–H and O–H groups in total. The first-order chi connectivity index (χ1) is 15.4. The largest absolute Gasteiger partial charge is 0.481 e. The SMILES string of the molecule is CCC1C(C)CCCN1C(=O)C(C)Oc1ccc2c(-c3ccccc3Cl)cc(=O)oc2c1. The summed E-state index contributed by atoms with van der Waals surface area (Å²) in [6.45, 7) is 6.87. The topological polar surface area (TPSA) is 59.8 Å². The van der Waals surface area contributed by atoms with Crippen molar-refractivity contribution in [3.63, 3.8) is 0 Å². The normalized spacial score (nSPS) is 19.7. The third-order valence-electron chi connectivity index (χ3n) is 6.36. The molecule has 2 aromatic carbocycles. The Morgan fingerprint density at radius 1 is 1.22 bits per heavy atom. The van der Waals surface area contributed by atoms with Crippen LogP contribution in [0.2, 0.25) is 5.02 Å². The maximum absolute atomic E-state index is 13.1. The molecule has 1 fully saturated rings. The Balaban J connectivity index is 1.61. The summed E-state index contributed by atoms with van der Waals surface area (Å²) in [6.07, 6.45) is 2.47. The van der Waals surface area contributed by atoms with Gasteiger partial charge in [0.05, 0.1) is 0 Å². The molecule has 1 amide bonds. The van der Waals surface area contributed by atoms with Gasteiger partial charge in [-0.25, -0.2) is 4.79 Å². The third kappa shape index (κ3) is 4.40. The van der Waals surface area contributed by atoms with Crippen molar-refractivity contribution in [2.24, 2.45) is 5.92 Å². The van der Waals surface area contributed by atoms with Crippen molar-refractivity contribution in [2.45, 2.75) is 52.2 Å². The molecule has 2 heterocycles. The fourth-order valence-electron chi connectivity index (χ4n) is 4.75. The molecule has 1 saturated heterocycles. The monoisotopic (exact) mass is 453 g/mol. The van der Waals surface area contributed by atoms with Crippen molar-refractivity contribution >= 4 is 28.5 Å². The predicted molar refractivity (Wildman–Crippen MR) is 127 cm³/mol. The van der Waals surface area contributed by atoms with Gasteiger partial charge in [-0.1, -0.05) is 43.6 Å². The summed E-state index contributed by atoms with van der Waals surface area (Å²) in [4.78, 5) is 27.3. The number of amides is 1. The van der Waals surface area contributed by atoms with Crippen molar-refractivity contribution < 1.29 is 13.9 Å². The van der Waals surface area contributed by atoms with E-state index in [0.29, 0.717) is 27.8 Å². The van der Waals surface area contributed by atoms with Crippen LogP contribution >= 0.6 is 11.6 Å². The molecule has 5 nitrogen and oxygen atoms in total. The van der Waals surface area contributed by atoms with E-state index >= 15 is 0 Å². The quantitative estimate of drug-likeness (QED) is 0.450. The molecule has 168 valence electrons. The molecular formula is C26H28ClNO4. The van der Waals surface area contributed by atoms with Crippen LogP contribution in [0.25, 0.3) is 22.1 Å². The van der Waals surface area contributed by atoms with Gasteiger partial charge in [0.2, 0.25) is 0 Å². The molecule has 0 saturated carbocycles. The number of benzene rings is 2. The molecule has 1 aromatic heterocycles. The summed E-state index contributed by atoms with van der Waals surface area (Å²) in [5.74, 6) is 0.966. The smallest absolute Gasteiger partial charge is 0.336 e. The molecule has 0 radical (unpaired) electrons. The van der Waals surface area contributed by atoms with E-state index in [-0.39, 0.29) is 11.9 Å². The van der Waals surface area contributed by atoms with Crippen molar-refractivity contribution in [3.05, 3.63) is 64.0 Å². The molecule has 1 aliphatic heterocycles. The maximum Gasteiger partial charge on any atom is 0.336 e. The lowest BCUT2D eigenvalue weighted by molar-refractivity contribution is -0.143. The lowest BCUT2D eigenvalue weighted by atomic mass is 9.89. The van der Waals surface area contributed by atoms with Crippen LogP contribution in [0.1, 0.15) is 40.0 Å². The van der Waals surface area contributed by atoms with E-state index in [4.69, 9.17) is 20.8 Å². The minimum Gasteiger partial charge on any atom is -0.481 e. The van der Waals surface area contributed by atoms with Gasteiger partial charge in [-0.2, -0.15) is 0 Å². The summed E-state index contributed by atoms with van der Waals surface area (Å²) < 4.78 is 11.4. The number of nitrogens with zero attached hydrogens (tertiary/aromatic N) is 1. The first-order valence-electron chi connectivity index (χ1n) is 11.2. The van der Waals surface area contributed by atoms with E-state index in [2.05, 4.69) is 13.8 Å². The standard InChI is InChI=1S/C26H28ClNO4/c1-4-23-16(2)8-7-13-28(23)26(30)17(3)31-18-11-12-20-21(15-25(29)32-24(20)14-18)19-9-5-6-10-22(19)27/h5-6,9-12,14-17,23H,4,7-8,13H2,1-3H3. The van der Waals surface area contributed by atoms with E-state index in [1.54, 1.807) is 25.1 Å². The lowest BCUT2D eigenvalue weighted by Gasteiger charge is -2.40. The second kappa shape index (κ2) is 9.37. The number of carbonyl (C=O) groups is 1. The average molecular weight is 454 g/mol. The highest BCUT2D eigenvalue weighted by Gasteiger charge is 2.33. The molecular weight excluding hydrogens is 426 g/mol. The Morgan fingerprint density at radius 3 is 2.75 bits per heavy atom. The van der Waals surface area contributed by atoms with Gasteiger partial charge in [0.1, 0.15) is 11.3 Å². The van der Waals surface area contributed by atoms with Crippen molar-refractivity contribution in [1.82, 2.24) is 4.90 Å². The Morgan fingerprint density at radius 2 is 2.00 bits per heavy atom. The third-order valence-corrected chi connectivity index (χ3v) is 6.69. The first-order valence-corrected chi connectivity index (χ1v) is 11.6. The Labute approximate surface area is 192 Å².